The molecule has 9 heteroatoms. The predicted octanol–water partition coefficient (Wildman–Crippen LogP) is 9.87. The quantitative estimate of drug-likeness (QED) is 0.307. The Kier molecular flexibility index (Phi) is 8.82. The molecule has 2 nitrogen and oxygen atoms in total. The molecule has 0 heterocycles. The third kappa shape index (κ3) is 7.14. The van der Waals surface area contributed by atoms with Crippen molar-refractivity contribution in [2.75, 3.05) is 0 Å². The van der Waals surface area contributed by atoms with Gasteiger partial charge in [0, 0.05) is 0 Å². The summed E-state index contributed by atoms with van der Waals surface area (Å²) in [5.41, 5.74) is -0.246. The highest BCUT2D eigenvalue weighted by Crippen LogP contribution is 2.45. The number of halogens is 7. The number of hydrogen-bond donors (Lipinski definition) is 0. The van der Waals surface area contributed by atoms with Crippen LogP contribution < -0.4 is 9.47 Å². The molecule has 2 fully saturated rings. The molecule has 210 valence electrons. The monoisotopic (exact) mass is 546 g/mol. The first-order valence-electron chi connectivity index (χ1n) is 13.4. The maximum Gasteiger partial charge on any atom is 0.573 e. The molecule has 0 saturated heterocycles. The topological polar surface area (TPSA) is 18.5 Å². The average molecular weight is 547 g/mol. The van der Waals surface area contributed by atoms with E-state index in [0.29, 0.717) is 5.92 Å². The summed E-state index contributed by atoms with van der Waals surface area (Å²) >= 11 is 0. The van der Waals surface area contributed by atoms with E-state index in [9.17, 15) is 30.7 Å². The van der Waals surface area contributed by atoms with Crippen LogP contribution >= 0.6 is 0 Å². The molecular weight excluding hydrogens is 513 g/mol. The van der Waals surface area contributed by atoms with Crippen molar-refractivity contribution in [1.82, 2.24) is 0 Å². The number of ether oxygens (including phenoxy) is 2. The van der Waals surface area contributed by atoms with Gasteiger partial charge in [-0.1, -0.05) is 44.7 Å². The first-order chi connectivity index (χ1) is 17.9. The Labute approximate surface area is 218 Å². The lowest BCUT2D eigenvalue weighted by Gasteiger charge is -2.38. The molecule has 2 saturated carbocycles. The summed E-state index contributed by atoms with van der Waals surface area (Å²) in [6.45, 7) is 2.25. The van der Waals surface area contributed by atoms with E-state index in [1.807, 2.05) is 0 Å². The fourth-order valence-electron chi connectivity index (χ4n) is 6.24. The largest absolute Gasteiger partial charge is 0.573 e. The molecule has 0 aliphatic heterocycles. The SMILES string of the molecule is CCCC1CCC(C2CCC(c3ccc(OC(F)(F)c4cc(F)c(OC(F)(F)F)c(F)c4)cc3)CC2)CC1. The third-order valence-electron chi connectivity index (χ3n) is 8.18. The van der Waals surface area contributed by atoms with Crippen molar-refractivity contribution in [2.24, 2.45) is 17.8 Å². The summed E-state index contributed by atoms with van der Waals surface area (Å²) in [7, 11) is 0. The lowest BCUT2D eigenvalue weighted by atomic mass is 9.68. The number of alkyl halides is 5. The van der Waals surface area contributed by atoms with Crippen LogP contribution in [0.4, 0.5) is 30.7 Å². The lowest BCUT2D eigenvalue weighted by Crippen LogP contribution is -2.25. The fourth-order valence-corrected chi connectivity index (χ4v) is 6.24. The Morgan fingerprint density at radius 2 is 1.26 bits per heavy atom. The summed E-state index contributed by atoms with van der Waals surface area (Å²) in [5.74, 6) is -3.08. The molecule has 2 aliphatic rings. The molecule has 0 unspecified atom stereocenters. The minimum Gasteiger partial charge on any atom is -0.429 e. The molecule has 0 atom stereocenters. The molecule has 0 bridgehead atoms. The normalized spacial score (nSPS) is 24.7. The zero-order valence-corrected chi connectivity index (χ0v) is 21.3. The van der Waals surface area contributed by atoms with E-state index < -0.39 is 35.4 Å². The van der Waals surface area contributed by atoms with Gasteiger partial charge in [-0.15, -0.1) is 13.2 Å². The van der Waals surface area contributed by atoms with Crippen molar-refractivity contribution in [1.29, 1.82) is 0 Å². The minimum atomic E-state index is -5.38. The molecule has 38 heavy (non-hydrogen) atoms. The summed E-state index contributed by atoms with van der Waals surface area (Å²) in [6.07, 6.45) is 2.77. The van der Waals surface area contributed by atoms with Gasteiger partial charge in [0.05, 0.1) is 5.56 Å². The molecule has 0 spiro atoms. The van der Waals surface area contributed by atoms with E-state index in [1.165, 1.54) is 50.7 Å². The van der Waals surface area contributed by atoms with E-state index in [2.05, 4.69) is 16.4 Å². The summed E-state index contributed by atoms with van der Waals surface area (Å²) < 4.78 is 102. The van der Waals surface area contributed by atoms with E-state index in [-0.39, 0.29) is 17.9 Å². The molecule has 0 N–H and O–H groups in total. The summed E-state index contributed by atoms with van der Waals surface area (Å²) in [4.78, 5) is 0. The van der Waals surface area contributed by atoms with Crippen molar-refractivity contribution in [3.05, 3.63) is 59.2 Å². The van der Waals surface area contributed by atoms with Crippen molar-refractivity contribution >= 4 is 0 Å². The second-order valence-corrected chi connectivity index (χ2v) is 10.7. The van der Waals surface area contributed by atoms with Crippen molar-refractivity contribution in [3.63, 3.8) is 0 Å². The van der Waals surface area contributed by atoms with E-state index in [0.717, 1.165) is 49.0 Å². The average Bonchev–Trinajstić information content (AvgIpc) is 2.87. The molecular formula is C29H33F7O2. The van der Waals surface area contributed by atoms with Crippen LogP contribution in [0.3, 0.4) is 0 Å². The Balaban J connectivity index is 1.33. The van der Waals surface area contributed by atoms with Crippen LogP contribution in [-0.4, -0.2) is 6.36 Å². The number of rotatable bonds is 8. The Hall–Kier alpha value is -2.45. The van der Waals surface area contributed by atoms with Gasteiger partial charge in [-0.25, -0.2) is 8.78 Å². The first kappa shape index (κ1) is 28.6. The first-order valence-corrected chi connectivity index (χ1v) is 13.4. The van der Waals surface area contributed by atoms with Crippen LogP contribution in [0.2, 0.25) is 0 Å². The standard InChI is InChI=1S/C29H33F7O2/c1-2-3-18-4-6-19(7-5-18)20-8-10-21(11-9-20)22-12-14-24(15-13-22)37-28(32,33)23-16-25(30)27(26(31)17-23)38-29(34,35)36/h12-21H,2-11H2,1H3. The van der Waals surface area contributed by atoms with E-state index in [4.69, 9.17) is 0 Å². The van der Waals surface area contributed by atoms with Gasteiger partial charge in [0.1, 0.15) is 5.75 Å². The lowest BCUT2D eigenvalue weighted by molar-refractivity contribution is -0.276. The van der Waals surface area contributed by atoms with Gasteiger partial charge >= 0.3 is 12.5 Å². The van der Waals surface area contributed by atoms with Crippen LogP contribution in [0.25, 0.3) is 0 Å². The van der Waals surface area contributed by atoms with Crippen molar-refractivity contribution < 1.29 is 40.2 Å². The Morgan fingerprint density at radius 3 is 1.76 bits per heavy atom. The highest BCUT2D eigenvalue weighted by molar-refractivity contribution is 5.35. The van der Waals surface area contributed by atoms with E-state index >= 15 is 0 Å². The zero-order chi connectivity index (χ0) is 27.5. The van der Waals surface area contributed by atoms with Crippen molar-refractivity contribution in [2.45, 2.75) is 89.5 Å². The van der Waals surface area contributed by atoms with Gasteiger partial charge < -0.3 is 9.47 Å². The summed E-state index contributed by atoms with van der Waals surface area (Å²) in [6, 6.07) is 6.30. The smallest absolute Gasteiger partial charge is 0.429 e. The highest BCUT2D eigenvalue weighted by atomic mass is 19.4. The number of benzene rings is 2. The van der Waals surface area contributed by atoms with Crippen LogP contribution in [0.15, 0.2) is 36.4 Å². The Morgan fingerprint density at radius 1 is 0.737 bits per heavy atom. The van der Waals surface area contributed by atoms with Gasteiger partial charge in [0.25, 0.3) is 0 Å². The van der Waals surface area contributed by atoms with Gasteiger partial charge in [0.2, 0.25) is 5.75 Å². The highest BCUT2D eigenvalue weighted by Gasteiger charge is 2.39. The molecule has 0 radical (unpaired) electrons. The van der Waals surface area contributed by atoms with Crippen LogP contribution in [0, 0.1) is 29.4 Å². The van der Waals surface area contributed by atoms with Gasteiger partial charge in [0.15, 0.2) is 11.6 Å². The fraction of sp³-hybridized carbons (Fsp3) is 0.586. The molecule has 4 rings (SSSR count). The van der Waals surface area contributed by atoms with E-state index in [1.54, 1.807) is 12.1 Å². The van der Waals surface area contributed by atoms with Crippen molar-refractivity contribution in [3.8, 4) is 11.5 Å². The molecule has 0 aromatic heterocycles. The zero-order valence-electron chi connectivity index (χ0n) is 21.3. The molecule has 0 amide bonds. The van der Waals surface area contributed by atoms with Gasteiger partial charge in [-0.2, -0.15) is 8.78 Å². The maximum absolute atomic E-state index is 14.6. The molecule has 2 aromatic rings. The third-order valence-corrected chi connectivity index (χ3v) is 8.18. The summed E-state index contributed by atoms with van der Waals surface area (Å²) in [5, 5.41) is 0. The van der Waals surface area contributed by atoms with Crippen LogP contribution in [0.1, 0.15) is 88.2 Å². The maximum atomic E-state index is 14.6. The van der Waals surface area contributed by atoms with Gasteiger partial charge in [-0.05, 0) is 92.0 Å². The van der Waals surface area contributed by atoms with Crippen LogP contribution in [0.5, 0.6) is 11.5 Å². The second kappa shape index (κ2) is 11.7. The predicted molar refractivity (Wildman–Crippen MR) is 129 cm³/mol. The van der Waals surface area contributed by atoms with Crippen LogP contribution in [-0.2, 0) is 6.11 Å². The van der Waals surface area contributed by atoms with Gasteiger partial charge in [-0.3, -0.25) is 0 Å². The molecule has 2 aromatic carbocycles. The minimum absolute atomic E-state index is 0.0627. The Bertz CT molecular complexity index is 1030. The second-order valence-electron chi connectivity index (χ2n) is 10.7. The number of hydrogen-bond acceptors (Lipinski definition) is 2. The molecule has 2 aliphatic carbocycles.